The van der Waals surface area contributed by atoms with Gasteiger partial charge in [0.2, 0.25) is 0 Å². The van der Waals surface area contributed by atoms with Gasteiger partial charge in [0.15, 0.2) is 5.82 Å². The summed E-state index contributed by atoms with van der Waals surface area (Å²) >= 11 is 5.87. The van der Waals surface area contributed by atoms with Crippen molar-refractivity contribution in [2.75, 3.05) is 5.32 Å². The zero-order chi connectivity index (χ0) is 12.4. The molecule has 0 spiro atoms. The Labute approximate surface area is 103 Å². The highest BCUT2D eigenvalue weighted by Gasteiger charge is 2.05. The summed E-state index contributed by atoms with van der Waals surface area (Å²) in [7, 11) is 0. The van der Waals surface area contributed by atoms with E-state index in [9.17, 15) is 4.79 Å². The lowest BCUT2D eigenvalue weighted by atomic mass is 10.2. The molecule has 2 rings (SSSR count). The Balaban J connectivity index is 2.37. The molecule has 5 nitrogen and oxygen atoms in total. The van der Waals surface area contributed by atoms with Gasteiger partial charge < -0.3 is 5.32 Å². The van der Waals surface area contributed by atoms with E-state index in [1.165, 1.54) is 0 Å². The van der Waals surface area contributed by atoms with Crippen LogP contribution >= 0.6 is 11.6 Å². The van der Waals surface area contributed by atoms with Gasteiger partial charge in [-0.1, -0.05) is 11.6 Å². The Kier molecular flexibility index (Phi) is 3.10. The third-order valence-corrected chi connectivity index (χ3v) is 2.55. The van der Waals surface area contributed by atoms with Gasteiger partial charge in [-0.3, -0.25) is 0 Å². The highest BCUT2D eigenvalue weighted by molar-refractivity contribution is 6.30. The second kappa shape index (κ2) is 4.55. The van der Waals surface area contributed by atoms with Gasteiger partial charge in [-0.05, 0) is 37.6 Å². The summed E-state index contributed by atoms with van der Waals surface area (Å²) in [4.78, 5) is 14.9. The molecule has 1 aromatic carbocycles. The van der Waals surface area contributed by atoms with E-state index in [4.69, 9.17) is 11.6 Å². The number of benzene rings is 1. The minimum atomic E-state index is -0.482. The Hall–Kier alpha value is -1.88. The van der Waals surface area contributed by atoms with Gasteiger partial charge in [0.25, 0.3) is 0 Å². The van der Waals surface area contributed by atoms with Crippen LogP contribution in [-0.2, 0) is 0 Å². The third kappa shape index (κ3) is 2.62. The van der Waals surface area contributed by atoms with Crippen LogP contribution in [-0.4, -0.2) is 15.2 Å². The summed E-state index contributed by atoms with van der Waals surface area (Å²) in [5.41, 5.74) is 1.96. The highest BCUT2D eigenvalue weighted by atomic mass is 35.5. The first kappa shape index (κ1) is 11.6. The number of hydrogen-bond donors (Lipinski definition) is 2. The topological polar surface area (TPSA) is 70.7 Å². The second-order valence-electron chi connectivity index (χ2n) is 3.66. The van der Waals surface area contributed by atoms with Crippen LogP contribution < -0.4 is 11.0 Å². The summed E-state index contributed by atoms with van der Waals surface area (Å²) in [5.74, 6) is 0.444. The van der Waals surface area contributed by atoms with Gasteiger partial charge in [-0.15, -0.1) is 0 Å². The van der Waals surface area contributed by atoms with E-state index in [0.29, 0.717) is 16.5 Å². The molecule has 17 heavy (non-hydrogen) atoms. The molecule has 0 aliphatic rings. The van der Waals surface area contributed by atoms with E-state index in [0.717, 1.165) is 11.3 Å². The third-order valence-electron chi connectivity index (χ3n) is 2.32. The maximum absolute atomic E-state index is 11.1. The van der Waals surface area contributed by atoms with Gasteiger partial charge in [-0.2, -0.15) is 10.1 Å². The van der Waals surface area contributed by atoms with Gasteiger partial charge >= 0.3 is 5.69 Å². The fourth-order valence-corrected chi connectivity index (χ4v) is 1.63. The van der Waals surface area contributed by atoms with Crippen LogP contribution in [0.25, 0.3) is 0 Å². The van der Waals surface area contributed by atoms with E-state index in [-0.39, 0.29) is 0 Å². The number of aromatic amines is 1. The minimum Gasteiger partial charge on any atom is -0.338 e. The molecule has 1 aromatic heterocycles. The van der Waals surface area contributed by atoms with Crippen LogP contribution in [0.5, 0.6) is 0 Å². The van der Waals surface area contributed by atoms with Gasteiger partial charge in [0.05, 0.1) is 0 Å². The van der Waals surface area contributed by atoms with Crippen molar-refractivity contribution in [1.29, 1.82) is 0 Å². The smallest absolute Gasteiger partial charge is 0.338 e. The average Bonchev–Trinajstić information content (AvgIpc) is 2.27. The molecule has 0 fully saturated rings. The van der Waals surface area contributed by atoms with Gasteiger partial charge in [0, 0.05) is 10.7 Å². The summed E-state index contributed by atoms with van der Waals surface area (Å²) in [6.07, 6.45) is 0. The molecule has 0 amide bonds. The summed E-state index contributed by atoms with van der Waals surface area (Å²) < 4.78 is 0. The predicted molar refractivity (Wildman–Crippen MR) is 66.9 cm³/mol. The molecule has 0 aliphatic heterocycles. The van der Waals surface area contributed by atoms with Crippen molar-refractivity contribution in [3.8, 4) is 0 Å². The van der Waals surface area contributed by atoms with Gasteiger partial charge in [0.1, 0.15) is 5.69 Å². The number of halogens is 1. The van der Waals surface area contributed by atoms with Crippen molar-refractivity contribution < 1.29 is 0 Å². The molecule has 0 radical (unpaired) electrons. The van der Waals surface area contributed by atoms with Crippen molar-refractivity contribution in [3.05, 3.63) is 45.0 Å². The summed E-state index contributed by atoms with van der Waals surface area (Å²) in [5, 5.41) is 9.83. The number of aromatic nitrogens is 3. The molecule has 0 saturated heterocycles. The first-order valence-corrected chi connectivity index (χ1v) is 5.40. The molecular formula is C11H11ClN4O. The molecular weight excluding hydrogens is 240 g/mol. The number of nitrogens with zero attached hydrogens (tertiary/aromatic N) is 2. The van der Waals surface area contributed by atoms with E-state index in [2.05, 4.69) is 20.5 Å². The van der Waals surface area contributed by atoms with Crippen molar-refractivity contribution >= 4 is 23.1 Å². The fourth-order valence-electron chi connectivity index (χ4n) is 1.41. The Morgan fingerprint density at radius 1 is 1.35 bits per heavy atom. The monoisotopic (exact) mass is 250 g/mol. The van der Waals surface area contributed by atoms with Crippen LogP contribution in [0.3, 0.4) is 0 Å². The quantitative estimate of drug-likeness (QED) is 0.857. The molecule has 88 valence electrons. The lowest BCUT2D eigenvalue weighted by molar-refractivity contribution is 0.884. The average molecular weight is 251 g/mol. The summed E-state index contributed by atoms with van der Waals surface area (Å²) in [6.45, 7) is 3.68. The van der Waals surface area contributed by atoms with Crippen LogP contribution in [0.4, 0.5) is 11.5 Å². The minimum absolute atomic E-state index is 0.444. The number of H-pyrrole nitrogens is 1. The van der Waals surface area contributed by atoms with Gasteiger partial charge in [-0.25, -0.2) is 9.89 Å². The van der Waals surface area contributed by atoms with Crippen LogP contribution in [0.1, 0.15) is 11.3 Å². The van der Waals surface area contributed by atoms with E-state index < -0.39 is 5.69 Å². The zero-order valence-electron chi connectivity index (χ0n) is 9.41. The Bertz CT molecular complexity index is 609. The molecule has 0 saturated carbocycles. The first-order chi connectivity index (χ1) is 8.06. The standard InChI is InChI=1S/C11H11ClN4O/c1-6-5-8(12)3-4-9(6)13-10-7(2)15-16-11(17)14-10/h3-5H,1-2H3,(H2,13,14,16,17). The van der Waals surface area contributed by atoms with E-state index in [1.54, 1.807) is 13.0 Å². The maximum atomic E-state index is 11.1. The summed E-state index contributed by atoms with van der Waals surface area (Å²) in [6, 6.07) is 5.44. The normalized spacial score (nSPS) is 10.3. The largest absolute Gasteiger partial charge is 0.363 e. The van der Waals surface area contributed by atoms with Crippen molar-refractivity contribution in [2.24, 2.45) is 0 Å². The van der Waals surface area contributed by atoms with Crippen LogP contribution in [0.2, 0.25) is 5.02 Å². The van der Waals surface area contributed by atoms with Crippen molar-refractivity contribution in [2.45, 2.75) is 13.8 Å². The molecule has 1 heterocycles. The second-order valence-corrected chi connectivity index (χ2v) is 4.10. The SMILES string of the molecule is Cc1cc(Cl)ccc1Nc1nc(=O)[nH]nc1C. The molecule has 0 bridgehead atoms. The first-order valence-electron chi connectivity index (χ1n) is 5.03. The van der Waals surface area contributed by atoms with Crippen LogP contribution in [0.15, 0.2) is 23.0 Å². The molecule has 0 atom stereocenters. The number of nitrogens with one attached hydrogen (secondary N) is 2. The molecule has 0 unspecified atom stereocenters. The number of hydrogen-bond acceptors (Lipinski definition) is 4. The van der Waals surface area contributed by atoms with Crippen molar-refractivity contribution in [3.63, 3.8) is 0 Å². The molecule has 2 N–H and O–H groups in total. The van der Waals surface area contributed by atoms with Crippen LogP contribution in [0, 0.1) is 13.8 Å². The Morgan fingerprint density at radius 3 is 2.82 bits per heavy atom. The number of rotatable bonds is 2. The zero-order valence-corrected chi connectivity index (χ0v) is 10.2. The maximum Gasteiger partial charge on any atom is 0.363 e. The molecule has 0 aliphatic carbocycles. The lowest BCUT2D eigenvalue weighted by Gasteiger charge is -2.09. The van der Waals surface area contributed by atoms with E-state index in [1.807, 2.05) is 19.1 Å². The molecule has 6 heteroatoms. The number of aryl methyl sites for hydroxylation is 2. The number of anilines is 2. The van der Waals surface area contributed by atoms with E-state index >= 15 is 0 Å². The molecule has 2 aromatic rings. The van der Waals surface area contributed by atoms with Crippen molar-refractivity contribution in [1.82, 2.24) is 15.2 Å². The lowest BCUT2D eigenvalue weighted by Crippen LogP contribution is -2.15. The fraction of sp³-hybridized carbons (Fsp3) is 0.182. The Morgan fingerprint density at radius 2 is 2.12 bits per heavy atom. The predicted octanol–water partition coefficient (Wildman–Crippen LogP) is 2.18. The highest BCUT2D eigenvalue weighted by Crippen LogP contribution is 2.22.